The Hall–Kier alpha value is -0.740. The highest BCUT2D eigenvalue weighted by atomic mass is 79.9. The topological polar surface area (TPSA) is 38.7 Å². The highest BCUT2D eigenvalue weighted by Crippen LogP contribution is 2.43. The van der Waals surface area contributed by atoms with Crippen molar-refractivity contribution < 1.29 is 14.6 Å². The second kappa shape index (κ2) is 4.63. The molecule has 0 aromatic heterocycles. The maximum Gasteiger partial charge on any atom is 0.165 e. The van der Waals surface area contributed by atoms with Gasteiger partial charge in [0, 0.05) is 10.0 Å². The Bertz CT molecular complexity index is 402. The summed E-state index contributed by atoms with van der Waals surface area (Å²) in [5.74, 6) is 1.84. The van der Waals surface area contributed by atoms with E-state index in [4.69, 9.17) is 9.47 Å². The number of rotatable bonds is 2. The van der Waals surface area contributed by atoms with Crippen LogP contribution in [0, 0.1) is 0 Å². The molecule has 4 heteroatoms. The van der Waals surface area contributed by atoms with Gasteiger partial charge in [0.2, 0.25) is 0 Å². The molecule has 16 heavy (non-hydrogen) atoms. The number of aliphatic hydroxyl groups is 1. The molecule has 0 saturated heterocycles. The number of fused-ring (bicyclic) bond motifs is 1. The van der Waals surface area contributed by atoms with Crippen molar-refractivity contribution in [3.05, 3.63) is 21.7 Å². The van der Waals surface area contributed by atoms with Crippen molar-refractivity contribution in [2.45, 2.75) is 26.4 Å². The maximum absolute atomic E-state index is 9.42. The molecule has 0 bridgehead atoms. The molecular formula is C12H15BrO3. The molecular weight excluding hydrogens is 272 g/mol. The lowest BCUT2D eigenvalue weighted by Gasteiger charge is -2.25. The smallest absolute Gasteiger partial charge is 0.165 e. The number of ether oxygens (including phenoxy) is 2. The average molecular weight is 287 g/mol. The predicted molar refractivity (Wildman–Crippen MR) is 65.1 cm³/mol. The molecule has 0 atom stereocenters. The second-order valence-corrected chi connectivity index (χ2v) is 4.94. The summed E-state index contributed by atoms with van der Waals surface area (Å²) in [5, 5.41) is 9.42. The van der Waals surface area contributed by atoms with Crippen LogP contribution in [0.5, 0.6) is 11.5 Å². The van der Waals surface area contributed by atoms with Crippen molar-refractivity contribution in [2.24, 2.45) is 0 Å². The standard InChI is InChI=1S/C12H15BrO3/c1-7(2)11-8(6-14)9(13)5-10-12(11)16-4-3-15-10/h5,7,14H,3-4,6H2,1-2H3. The normalized spacial score (nSPS) is 14.3. The highest BCUT2D eigenvalue weighted by molar-refractivity contribution is 9.10. The first kappa shape index (κ1) is 11.7. The summed E-state index contributed by atoms with van der Waals surface area (Å²) >= 11 is 3.46. The molecule has 0 radical (unpaired) electrons. The minimum atomic E-state index is 0.00470. The number of halogens is 1. The second-order valence-electron chi connectivity index (χ2n) is 4.09. The average Bonchev–Trinajstić information content (AvgIpc) is 2.26. The van der Waals surface area contributed by atoms with Gasteiger partial charge in [-0.1, -0.05) is 29.8 Å². The molecule has 0 spiro atoms. The fourth-order valence-corrected chi connectivity index (χ4v) is 2.54. The van der Waals surface area contributed by atoms with E-state index in [-0.39, 0.29) is 12.5 Å². The minimum absolute atomic E-state index is 0.00470. The van der Waals surface area contributed by atoms with Gasteiger partial charge in [-0.3, -0.25) is 0 Å². The van der Waals surface area contributed by atoms with E-state index < -0.39 is 0 Å². The van der Waals surface area contributed by atoms with Gasteiger partial charge in [-0.2, -0.15) is 0 Å². The Kier molecular flexibility index (Phi) is 3.40. The monoisotopic (exact) mass is 286 g/mol. The summed E-state index contributed by atoms with van der Waals surface area (Å²) in [7, 11) is 0. The molecule has 0 fully saturated rings. The molecule has 88 valence electrons. The van der Waals surface area contributed by atoms with Gasteiger partial charge < -0.3 is 14.6 Å². The third kappa shape index (κ3) is 1.92. The van der Waals surface area contributed by atoms with Crippen molar-refractivity contribution in [2.75, 3.05) is 13.2 Å². The zero-order valence-electron chi connectivity index (χ0n) is 9.42. The highest BCUT2D eigenvalue weighted by Gasteiger charge is 2.23. The number of benzene rings is 1. The molecule has 1 aliphatic heterocycles. The fraction of sp³-hybridized carbons (Fsp3) is 0.500. The predicted octanol–water partition coefficient (Wildman–Crippen LogP) is 2.84. The molecule has 1 aromatic carbocycles. The Morgan fingerprint density at radius 1 is 1.38 bits per heavy atom. The molecule has 1 N–H and O–H groups in total. The van der Waals surface area contributed by atoms with Crippen molar-refractivity contribution in [3.8, 4) is 11.5 Å². The van der Waals surface area contributed by atoms with Gasteiger partial charge >= 0.3 is 0 Å². The Morgan fingerprint density at radius 3 is 2.69 bits per heavy atom. The zero-order chi connectivity index (χ0) is 11.7. The van der Waals surface area contributed by atoms with Crippen LogP contribution in [0.3, 0.4) is 0 Å². The van der Waals surface area contributed by atoms with Crippen LogP contribution in [-0.2, 0) is 6.61 Å². The van der Waals surface area contributed by atoms with E-state index in [0.717, 1.165) is 27.1 Å². The molecule has 0 saturated carbocycles. The number of aliphatic hydroxyl groups excluding tert-OH is 1. The lowest BCUT2D eigenvalue weighted by atomic mass is 9.95. The van der Waals surface area contributed by atoms with E-state index >= 15 is 0 Å². The van der Waals surface area contributed by atoms with Gasteiger partial charge in [-0.05, 0) is 17.5 Å². The lowest BCUT2D eigenvalue weighted by molar-refractivity contribution is 0.168. The third-order valence-corrected chi connectivity index (χ3v) is 3.37. The van der Waals surface area contributed by atoms with Crippen LogP contribution in [0.1, 0.15) is 30.9 Å². The summed E-state index contributed by atoms with van der Waals surface area (Å²) in [6.45, 7) is 5.32. The molecule has 0 unspecified atom stereocenters. The van der Waals surface area contributed by atoms with E-state index in [1.807, 2.05) is 6.07 Å². The summed E-state index contributed by atoms with van der Waals surface area (Å²) in [4.78, 5) is 0. The summed E-state index contributed by atoms with van der Waals surface area (Å²) in [6.07, 6.45) is 0. The van der Waals surface area contributed by atoms with Crippen LogP contribution >= 0.6 is 15.9 Å². The Balaban J connectivity index is 2.64. The molecule has 0 amide bonds. The van der Waals surface area contributed by atoms with E-state index in [0.29, 0.717) is 13.2 Å². The van der Waals surface area contributed by atoms with E-state index in [9.17, 15) is 5.11 Å². The van der Waals surface area contributed by atoms with Gasteiger partial charge in [-0.25, -0.2) is 0 Å². The Labute approximate surface area is 104 Å². The van der Waals surface area contributed by atoms with Gasteiger partial charge in [0.25, 0.3) is 0 Å². The zero-order valence-corrected chi connectivity index (χ0v) is 11.0. The van der Waals surface area contributed by atoms with Crippen LogP contribution < -0.4 is 9.47 Å². The van der Waals surface area contributed by atoms with Crippen LogP contribution in [0.25, 0.3) is 0 Å². The minimum Gasteiger partial charge on any atom is -0.486 e. The van der Waals surface area contributed by atoms with Crippen molar-refractivity contribution >= 4 is 15.9 Å². The van der Waals surface area contributed by atoms with Gasteiger partial charge in [0.15, 0.2) is 11.5 Å². The Morgan fingerprint density at radius 2 is 2.06 bits per heavy atom. The number of hydrogen-bond donors (Lipinski definition) is 1. The first-order valence-corrected chi connectivity index (χ1v) is 6.16. The fourth-order valence-electron chi connectivity index (χ4n) is 1.99. The summed E-state index contributed by atoms with van der Waals surface area (Å²) in [5.41, 5.74) is 1.92. The van der Waals surface area contributed by atoms with Crippen molar-refractivity contribution in [3.63, 3.8) is 0 Å². The van der Waals surface area contributed by atoms with E-state index in [1.165, 1.54) is 0 Å². The third-order valence-electron chi connectivity index (χ3n) is 2.66. The van der Waals surface area contributed by atoms with E-state index in [1.54, 1.807) is 0 Å². The molecule has 1 aliphatic rings. The van der Waals surface area contributed by atoms with Crippen LogP contribution in [0.2, 0.25) is 0 Å². The van der Waals surface area contributed by atoms with Crippen molar-refractivity contribution in [1.29, 1.82) is 0 Å². The van der Waals surface area contributed by atoms with Gasteiger partial charge in [-0.15, -0.1) is 0 Å². The van der Waals surface area contributed by atoms with Crippen LogP contribution in [-0.4, -0.2) is 18.3 Å². The SMILES string of the molecule is CC(C)c1c(CO)c(Br)cc2c1OCCO2. The molecule has 1 aromatic rings. The van der Waals surface area contributed by atoms with Gasteiger partial charge in [0.1, 0.15) is 13.2 Å². The number of hydrogen-bond acceptors (Lipinski definition) is 3. The van der Waals surface area contributed by atoms with E-state index in [2.05, 4.69) is 29.8 Å². The molecule has 0 aliphatic carbocycles. The molecule has 3 nitrogen and oxygen atoms in total. The maximum atomic E-state index is 9.42. The first-order chi connectivity index (χ1) is 7.65. The van der Waals surface area contributed by atoms with Crippen molar-refractivity contribution in [1.82, 2.24) is 0 Å². The van der Waals surface area contributed by atoms with Gasteiger partial charge in [0.05, 0.1) is 6.61 Å². The largest absolute Gasteiger partial charge is 0.486 e. The molecule has 1 heterocycles. The first-order valence-electron chi connectivity index (χ1n) is 5.37. The summed E-state index contributed by atoms with van der Waals surface area (Å²) in [6, 6.07) is 1.87. The lowest BCUT2D eigenvalue weighted by Crippen LogP contribution is -2.18. The van der Waals surface area contributed by atoms with Crippen LogP contribution in [0.4, 0.5) is 0 Å². The quantitative estimate of drug-likeness (QED) is 0.909. The molecule has 2 rings (SSSR count). The van der Waals surface area contributed by atoms with Crippen LogP contribution in [0.15, 0.2) is 10.5 Å². The summed E-state index contributed by atoms with van der Waals surface area (Å²) < 4.78 is 12.1.